The van der Waals surface area contributed by atoms with Gasteiger partial charge in [0.15, 0.2) is 0 Å². The average molecular weight is 266 g/mol. The molecule has 2 rings (SSSR count). The fraction of sp³-hybridized carbons (Fsp3) is 1.00. The minimum atomic E-state index is 0.710. The molecule has 1 saturated carbocycles. The first-order chi connectivity index (χ1) is 9.02. The van der Waals surface area contributed by atoms with Crippen molar-refractivity contribution in [2.75, 3.05) is 13.1 Å². The first-order valence-electron chi connectivity index (χ1n) is 8.52. The Kier molecular flexibility index (Phi) is 5.30. The summed E-state index contributed by atoms with van der Waals surface area (Å²) in [4.78, 5) is 2.88. The number of rotatable bonds is 3. The molecular weight excluding hydrogens is 232 g/mol. The Balaban J connectivity index is 2.08. The van der Waals surface area contributed by atoms with E-state index in [0.717, 1.165) is 29.8 Å². The van der Waals surface area contributed by atoms with Gasteiger partial charge in [-0.2, -0.15) is 0 Å². The summed E-state index contributed by atoms with van der Waals surface area (Å²) in [5.74, 6) is 2.58. The van der Waals surface area contributed by atoms with Crippen LogP contribution in [0.3, 0.4) is 0 Å². The second kappa shape index (κ2) is 6.58. The molecular formula is C17H34N2. The molecule has 1 aliphatic carbocycles. The summed E-state index contributed by atoms with van der Waals surface area (Å²) in [6.07, 6.45) is 5.54. The van der Waals surface area contributed by atoms with Gasteiger partial charge in [-0.05, 0) is 43.4 Å². The summed E-state index contributed by atoms with van der Waals surface area (Å²) in [6.45, 7) is 14.5. The van der Waals surface area contributed by atoms with Gasteiger partial charge in [-0.1, -0.05) is 34.6 Å². The molecule has 1 N–H and O–H groups in total. The van der Waals surface area contributed by atoms with Crippen molar-refractivity contribution in [2.45, 2.75) is 78.4 Å². The minimum absolute atomic E-state index is 0.710. The van der Waals surface area contributed by atoms with E-state index in [9.17, 15) is 0 Å². The lowest BCUT2D eigenvalue weighted by atomic mass is 9.77. The van der Waals surface area contributed by atoms with Gasteiger partial charge in [0.05, 0.1) is 0 Å². The molecule has 19 heavy (non-hydrogen) atoms. The van der Waals surface area contributed by atoms with Crippen LogP contribution in [0.5, 0.6) is 0 Å². The highest BCUT2D eigenvalue weighted by atomic mass is 15.3. The highest BCUT2D eigenvalue weighted by Gasteiger charge is 2.37. The maximum atomic E-state index is 3.75. The molecule has 0 radical (unpaired) electrons. The van der Waals surface area contributed by atoms with E-state index >= 15 is 0 Å². The lowest BCUT2D eigenvalue weighted by Crippen LogP contribution is -2.62. The van der Waals surface area contributed by atoms with E-state index in [-0.39, 0.29) is 0 Å². The molecule has 0 amide bonds. The predicted molar refractivity (Wildman–Crippen MR) is 83.4 cm³/mol. The van der Waals surface area contributed by atoms with Crippen molar-refractivity contribution in [3.05, 3.63) is 0 Å². The Labute approximate surface area is 120 Å². The molecule has 0 bridgehead atoms. The van der Waals surface area contributed by atoms with Crippen LogP contribution in [-0.4, -0.2) is 36.1 Å². The molecule has 0 aromatic rings. The lowest BCUT2D eigenvalue weighted by molar-refractivity contribution is 0.00790. The number of nitrogens with zero attached hydrogens (tertiary/aromatic N) is 1. The van der Waals surface area contributed by atoms with Crippen molar-refractivity contribution in [3.8, 4) is 0 Å². The summed E-state index contributed by atoms with van der Waals surface area (Å²) in [7, 11) is 0. The van der Waals surface area contributed by atoms with Crippen LogP contribution in [0.15, 0.2) is 0 Å². The molecule has 1 heterocycles. The number of hydrogen-bond donors (Lipinski definition) is 1. The zero-order valence-corrected chi connectivity index (χ0v) is 13.7. The van der Waals surface area contributed by atoms with E-state index in [0.29, 0.717) is 6.04 Å². The zero-order chi connectivity index (χ0) is 14.0. The molecule has 2 fully saturated rings. The summed E-state index contributed by atoms with van der Waals surface area (Å²) in [5, 5.41) is 3.75. The molecule has 5 unspecified atom stereocenters. The Hall–Kier alpha value is -0.0800. The van der Waals surface area contributed by atoms with Crippen molar-refractivity contribution in [2.24, 2.45) is 17.8 Å². The van der Waals surface area contributed by atoms with E-state index in [4.69, 9.17) is 0 Å². The van der Waals surface area contributed by atoms with Crippen molar-refractivity contribution < 1.29 is 0 Å². The fourth-order valence-electron chi connectivity index (χ4n) is 4.27. The van der Waals surface area contributed by atoms with Gasteiger partial charge < -0.3 is 5.32 Å². The standard InChI is InChI=1S/C17H34N2/c1-6-15-11-19(17(10-18-15)12(2)3)16-8-7-13(4)9-14(16)5/h12-18H,6-11H2,1-5H3. The smallest absolute Gasteiger partial charge is 0.0247 e. The topological polar surface area (TPSA) is 15.3 Å². The normalized spacial score (nSPS) is 41.7. The largest absolute Gasteiger partial charge is 0.311 e. The summed E-state index contributed by atoms with van der Waals surface area (Å²) in [5.41, 5.74) is 0. The zero-order valence-electron chi connectivity index (χ0n) is 13.7. The van der Waals surface area contributed by atoms with Crippen LogP contribution in [0, 0.1) is 17.8 Å². The van der Waals surface area contributed by atoms with Crippen molar-refractivity contribution >= 4 is 0 Å². The Morgan fingerprint density at radius 1 is 1.21 bits per heavy atom. The van der Waals surface area contributed by atoms with Gasteiger partial charge in [-0.25, -0.2) is 0 Å². The van der Waals surface area contributed by atoms with Crippen LogP contribution >= 0.6 is 0 Å². The van der Waals surface area contributed by atoms with Crippen molar-refractivity contribution in [1.29, 1.82) is 0 Å². The number of piperazine rings is 1. The van der Waals surface area contributed by atoms with Gasteiger partial charge in [-0.3, -0.25) is 4.90 Å². The molecule has 1 aliphatic heterocycles. The van der Waals surface area contributed by atoms with Gasteiger partial charge in [0.2, 0.25) is 0 Å². The van der Waals surface area contributed by atoms with E-state index in [1.807, 2.05) is 0 Å². The third kappa shape index (κ3) is 3.52. The Morgan fingerprint density at radius 3 is 2.53 bits per heavy atom. The monoisotopic (exact) mass is 266 g/mol. The van der Waals surface area contributed by atoms with Gasteiger partial charge in [0, 0.05) is 31.2 Å². The minimum Gasteiger partial charge on any atom is -0.311 e. The number of nitrogens with one attached hydrogen (secondary N) is 1. The second-order valence-electron chi connectivity index (χ2n) is 7.48. The highest BCUT2D eigenvalue weighted by Crippen LogP contribution is 2.34. The maximum absolute atomic E-state index is 3.75. The Morgan fingerprint density at radius 2 is 1.95 bits per heavy atom. The van der Waals surface area contributed by atoms with Crippen LogP contribution in [0.2, 0.25) is 0 Å². The third-order valence-electron chi connectivity index (χ3n) is 5.55. The molecule has 2 aliphatic rings. The van der Waals surface area contributed by atoms with Crippen molar-refractivity contribution in [1.82, 2.24) is 10.2 Å². The maximum Gasteiger partial charge on any atom is 0.0247 e. The van der Waals surface area contributed by atoms with E-state index in [2.05, 4.69) is 44.8 Å². The molecule has 0 spiro atoms. The molecule has 0 aromatic carbocycles. The van der Waals surface area contributed by atoms with Gasteiger partial charge in [0.25, 0.3) is 0 Å². The van der Waals surface area contributed by atoms with E-state index in [1.54, 1.807) is 0 Å². The second-order valence-corrected chi connectivity index (χ2v) is 7.48. The lowest BCUT2D eigenvalue weighted by Gasteiger charge is -2.50. The van der Waals surface area contributed by atoms with Crippen LogP contribution in [0.4, 0.5) is 0 Å². The quantitative estimate of drug-likeness (QED) is 0.841. The van der Waals surface area contributed by atoms with E-state index < -0.39 is 0 Å². The summed E-state index contributed by atoms with van der Waals surface area (Å²) < 4.78 is 0. The molecule has 0 aromatic heterocycles. The predicted octanol–water partition coefficient (Wildman–Crippen LogP) is 3.52. The van der Waals surface area contributed by atoms with Gasteiger partial charge >= 0.3 is 0 Å². The van der Waals surface area contributed by atoms with Gasteiger partial charge in [-0.15, -0.1) is 0 Å². The Bertz CT molecular complexity index is 276. The summed E-state index contributed by atoms with van der Waals surface area (Å²) in [6, 6.07) is 2.28. The van der Waals surface area contributed by atoms with Crippen LogP contribution in [0.25, 0.3) is 0 Å². The molecule has 5 atom stereocenters. The SMILES string of the molecule is CCC1CN(C2CCC(C)CC2C)C(C(C)C)CN1. The molecule has 1 saturated heterocycles. The van der Waals surface area contributed by atoms with Crippen LogP contribution in [-0.2, 0) is 0 Å². The average Bonchev–Trinajstić information content (AvgIpc) is 2.38. The van der Waals surface area contributed by atoms with Crippen LogP contribution < -0.4 is 5.32 Å². The van der Waals surface area contributed by atoms with Crippen LogP contribution in [0.1, 0.15) is 60.3 Å². The fourth-order valence-corrected chi connectivity index (χ4v) is 4.27. The van der Waals surface area contributed by atoms with Crippen molar-refractivity contribution in [3.63, 3.8) is 0 Å². The first-order valence-corrected chi connectivity index (χ1v) is 8.52. The molecule has 2 nitrogen and oxygen atoms in total. The molecule has 2 heteroatoms. The third-order valence-corrected chi connectivity index (χ3v) is 5.55. The van der Waals surface area contributed by atoms with Gasteiger partial charge in [0.1, 0.15) is 0 Å². The first kappa shape index (κ1) is 15.3. The summed E-state index contributed by atoms with van der Waals surface area (Å²) >= 11 is 0. The molecule has 112 valence electrons. The van der Waals surface area contributed by atoms with E-state index in [1.165, 1.54) is 38.8 Å². The number of hydrogen-bond acceptors (Lipinski definition) is 2. The highest BCUT2D eigenvalue weighted by molar-refractivity contribution is 4.94.